The van der Waals surface area contributed by atoms with E-state index < -0.39 is 6.10 Å². The molecule has 1 aromatic heterocycles. The summed E-state index contributed by atoms with van der Waals surface area (Å²) in [4.78, 5) is 12.6. The van der Waals surface area contributed by atoms with E-state index in [9.17, 15) is 4.79 Å². The zero-order chi connectivity index (χ0) is 14.1. The van der Waals surface area contributed by atoms with Crippen molar-refractivity contribution >= 4 is 28.7 Å². The van der Waals surface area contributed by atoms with Crippen LogP contribution in [0.2, 0.25) is 4.34 Å². The van der Waals surface area contributed by atoms with Gasteiger partial charge in [0.25, 0.3) is 0 Å². The van der Waals surface area contributed by atoms with Gasteiger partial charge in [0.05, 0.1) is 22.4 Å². The summed E-state index contributed by atoms with van der Waals surface area (Å²) in [5, 5.41) is 0. The van der Waals surface area contributed by atoms with E-state index in [1.54, 1.807) is 26.2 Å². The first-order chi connectivity index (χ1) is 9.15. The number of ketones is 1. The van der Waals surface area contributed by atoms with Crippen molar-refractivity contribution in [3.63, 3.8) is 0 Å². The summed E-state index contributed by atoms with van der Waals surface area (Å²) in [5.41, 5.74) is 0. The molecular weight excluding hydrogens is 288 g/mol. The maximum atomic E-state index is 11.9. The molecule has 1 atom stereocenters. The third kappa shape index (κ3) is 6.49. The highest BCUT2D eigenvalue weighted by atomic mass is 35.5. The maximum Gasteiger partial charge on any atom is 0.201 e. The van der Waals surface area contributed by atoms with Crippen LogP contribution in [0.3, 0.4) is 0 Å². The van der Waals surface area contributed by atoms with Crippen LogP contribution in [0.25, 0.3) is 0 Å². The average Bonchev–Trinajstić information content (AvgIpc) is 2.83. The molecule has 0 N–H and O–H groups in total. The smallest absolute Gasteiger partial charge is 0.201 e. The Balaban J connectivity index is 2.14. The lowest BCUT2D eigenvalue weighted by molar-refractivity contribution is 0.0288. The van der Waals surface area contributed by atoms with Crippen LogP contribution in [0.1, 0.15) is 23.0 Å². The molecule has 108 valence electrons. The van der Waals surface area contributed by atoms with Gasteiger partial charge >= 0.3 is 0 Å². The van der Waals surface area contributed by atoms with E-state index in [0.717, 1.165) is 6.42 Å². The molecule has 0 aliphatic heterocycles. The second-order valence-corrected chi connectivity index (χ2v) is 5.65. The van der Waals surface area contributed by atoms with E-state index in [0.29, 0.717) is 35.6 Å². The Morgan fingerprint density at radius 2 is 2.11 bits per heavy atom. The van der Waals surface area contributed by atoms with Gasteiger partial charge in [-0.05, 0) is 25.5 Å². The number of hydrogen-bond donors (Lipinski definition) is 0. The number of thiophene rings is 1. The predicted molar refractivity (Wildman–Crippen MR) is 76.4 cm³/mol. The van der Waals surface area contributed by atoms with Gasteiger partial charge in [-0.2, -0.15) is 0 Å². The number of ether oxygens (including phenoxy) is 3. The molecule has 0 saturated carbocycles. The van der Waals surface area contributed by atoms with E-state index in [1.807, 2.05) is 0 Å². The molecule has 1 heterocycles. The minimum atomic E-state index is -0.450. The first-order valence-electron chi connectivity index (χ1n) is 6.13. The molecule has 1 unspecified atom stereocenters. The summed E-state index contributed by atoms with van der Waals surface area (Å²) in [6, 6.07) is 3.44. The number of methoxy groups -OCH3 is 1. The minimum Gasteiger partial charge on any atom is -0.382 e. The Kier molecular flexibility index (Phi) is 8.25. The van der Waals surface area contributed by atoms with E-state index in [1.165, 1.54) is 11.3 Å². The zero-order valence-corrected chi connectivity index (χ0v) is 12.8. The van der Waals surface area contributed by atoms with Gasteiger partial charge < -0.3 is 14.2 Å². The Morgan fingerprint density at radius 3 is 2.74 bits per heavy atom. The number of Topliss-reactive ketones (excluding diaryl/α,β-unsaturated/α-hetero) is 1. The predicted octanol–water partition coefficient (Wildman–Crippen LogP) is 3.04. The fourth-order valence-electron chi connectivity index (χ4n) is 1.39. The monoisotopic (exact) mass is 306 g/mol. The Morgan fingerprint density at radius 1 is 1.32 bits per heavy atom. The topological polar surface area (TPSA) is 44.8 Å². The first kappa shape index (κ1) is 16.6. The van der Waals surface area contributed by atoms with Gasteiger partial charge in [0.1, 0.15) is 6.10 Å². The molecule has 4 nitrogen and oxygen atoms in total. The maximum absolute atomic E-state index is 11.9. The molecule has 0 fully saturated rings. The zero-order valence-electron chi connectivity index (χ0n) is 11.2. The summed E-state index contributed by atoms with van der Waals surface area (Å²) < 4.78 is 16.2. The largest absolute Gasteiger partial charge is 0.382 e. The normalized spacial score (nSPS) is 12.6. The van der Waals surface area contributed by atoms with Gasteiger partial charge in [-0.25, -0.2) is 0 Å². The quantitative estimate of drug-likeness (QED) is 0.492. The van der Waals surface area contributed by atoms with Gasteiger partial charge in [-0.15, -0.1) is 11.3 Å². The Labute approximate surface area is 122 Å². The van der Waals surface area contributed by atoms with Crippen LogP contribution in [0.5, 0.6) is 0 Å². The molecule has 0 amide bonds. The minimum absolute atomic E-state index is 0.0304. The lowest BCUT2D eigenvalue weighted by Gasteiger charge is -2.11. The first-order valence-corrected chi connectivity index (χ1v) is 7.32. The molecule has 0 bridgehead atoms. The summed E-state index contributed by atoms with van der Waals surface area (Å²) in [6.07, 6.45) is 0.306. The molecule has 0 aromatic carbocycles. The van der Waals surface area contributed by atoms with Crippen molar-refractivity contribution in [2.45, 2.75) is 19.4 Å². The van der Waals surface area contributed by atoms with Crippen molar-refractivity contribution in [3.8, 4) is 0 Å². The number of rotatable bonds is 10. The van der Waals surface area contributed by atoms with Crippen molar-refractivity contribution in [3.05, 3.63) is 21.3 Å². The highest BCUT2D eigenvalue weighted by Crippen LogP contribution is 2.23. The molecule has 19 heavy (non-hydrogen) atoms. The van der Waals surface area contributed by atoms with Gasteiger partial charge in [-0.1, -0.05) is 11.6 Å². The van der Waals surface area contributed by atoms with Crippen LogP contribution in [0.15, 0.2) is 12.1 Å². The van der Waals surface area contributed by atoms with Gasteiger partial charge in [0.15, 0.2) is 0 Å². The van der Waals surface area contributed by atoms with Gasteiger partial charge in [-0.3, -0.25) is 4.79 Å². The van der Waals surface area contributed by atoms with Crippen LogP contribution < -0.4 is 0 Å². The molecule has 1 rings (SSSR count). The number of carbonyl (C=O) groups is 1. The van der Waals surface area contributed by atoms with Gasteiger partial charge in [0.2, 0.25) is 5.78 Å². The Bertz CT molecular complexity index is 380. The fraction of sp³-hybridized carbons (Fsp3) is 0.615. The molecular formula is C13H19ClO4S. The summed E-state index contributed by atoms with van der Waals surface area (Å²) in [5.74, 6) is -0.0304. The van der Waals surface area contributed by atoms with E-state index >= 15 is 0 Å². The number of hydrogen-bond acceptors (Lipinski definition) is 5. The van der Waals surface area contributed by atoms with Crippen molar-refractivity contribution in [2.24, 2.45) is 0 Å². The third-order valence-corrected chi connectivity index (χ3v) is 3.66. The van der Waals surface area contributed by atoms with Crippen molar-refractivity contribution in [2.75, 3.05) is 33.5 Å². The van der Waals surface area contributed by atoms with Crippen LogP contribution in [-0.2, 0) is 14.2 Å². The van der Waals surface area contributed by atoms with Crippen molar-refractivity contribution in [1.29, 1.82) is 0 Å². The fourth-order valence-corrected chi connectivity index (χ4v) is 2.45. The molecule has 0 spiro atoms. The second kappa shape index (κ2) is 9.44. The second-order valence-electron chi connectivity index (χ2n) is 3.94. The van der Waals surface area contributed by atoms with Crippen LogP contribution in [0, 0.1) is 0 Å². The molecule has 0 radical (unpaired) electrons. The molecule has 0 aliphatic rings. The summed E-state index contributed by atoms with van der Waals surface area (Å²) >= 11 is 7.07. The average molecular weight is 307 g/mol. The van der Waals surface area contributed by atoms with E-state index in [-0.39, 0.29) is 5.78 Å². The lowest BCUT2D eigenvalue weighted by atomic mass is 10.2. The molecule has 0 aliphatic carbocycles. The molecule has 0 saturated heterocycles. The van der Waals surface area contributed by atoms with E-state index in [4.69, 9.17) is 25.8 Å². The standard InChI is InChI=1S/C13H19ClO4S/c1-10(13(15)11-4-5-12(14)19-11)18-7-3-6-17-9-8-16-2/h4-5,10H,3,6-9H2,1-2H3. The highest BCUT2D eigenvalue weighted by molar-refractivity contribution is 7.18. The third-order valence-electron chi connectivity index (χ3n) is 2.42. The van der Waals surface area contributed by atoms with Crippen LogP contribution >= 0.6 is 22.9 Å². The van der Waals surface area contributed by atoms with Crippen LogP contribution in [0.4, 0.5) is 0 Å². The van der Waals surface area contributed by atoms with E-state index in [2.05, 4.69) is 0 Å². The molecule has 1 aromatic rings. The molecule has 6 heteroatoms. The van der Waals surface area contributed by atoms with Crippen molar-refractivity contribution in [1.82, 2.24) is 0 Å². The highest BCUT2D eigenvalue weighted by Gasteiger charge is 2.17. The SMILES string of the molecule is COCCOCCCOC(C)C(=O)c1ccc(Cl)s1. The van der Waals surface area contributed by atoms with Gasteiger partial charge in [0, 0.05) is 20.3 Å². The van der Waals surface area contributed by atoms with Crippen LogP contribution in [-0.4, -0.2) is 45.4 Å². The summed E-state index contributed by atoms with van der Waals surface area (Å²) in [6.45, 7) is 4.03. The summed E-state index contributed by atoms with van der Waals surface area (Å²) in [7, 11) is 1.64. The van der Waals surface area contributed by atoms with Crippen molar-refractivity contribution < 1.29 is 19.0 Å². The number of carbonyl (C=O) groups excluding carboxylic acids is 1. The Hall–Kier alpha value is -0.460. The lowest BCUT2D eigenvalue weighted by Crippen LogP contribution is -2.21. The number of halogens is 1.